The van der Waals surface area contributed by atoms with E-state index in [0.29, 0.717) is 11.1 Å². The van der Waals surface area contributed by atoms with Gasteiger partial charge in [0.2, 0.25) is 0 Å². The Morgan fingerprint density at radius 3 is 2.28 bits per heavy atom. The first kappa shape index (κ1) is 33.9. The Hall–Kier alpha value is -3.17. The van der Waals surface area contributed by atoms with Crippen LogP contribution in [0.3, 0.4) is 0 Å². The Labute approximate surface area is 231 Å². The van der Waals surface area contributed by atoms with Gasteiger partial charge in [0.15, 0.2) is 9.84 Å². The number of sulfone groups is 1. The molecule has 218 valence electrons. The van der Waals surface area contributed by atoms with Crippen LogP contribution in [0.4, 0.5) is 4.79 Å². The van der Waals surface area contributed by atoms with Crippen LogP contribution in [0, 0.1) is 16.7 Å². The van der Waals surface area contributed by atoms with Gasteiger partial charge in [-0.1, -0.05) is 38.1 Å². The largest absolute Gasteiger partial charge is 0.465 e. The van der Waals surface area contributed by atoms with Crippen LogP contribution in [0.15, 0.2) is 24.3 Å². The number of benzene rings is 1. The quantitative estimate of drug-likeness (QED) is 0.297. The monoisotopic (exact) mass is 567 g/mol. The molecule has 1 aromatic carbocycles. The smallest absolute Gasteiger partial charge is 0.428 e. The summed E-state index contributed by atoms with van der Waals surface area (Å²) in [7, 11) is -2.41. The van der Waals surface area contributed by atoms with Crippen LogP contribution in [0.5, 0.6) is 0 Å². The highest BCUT2D eigenvalue weighted by atomic mass is 32.2. The number of amides is 2. The van der Waals surface area contributed by atoms with Crippen LogP contribution >= 0.6 is 0 Å². The molecule has 0 aliphatic rings. The summed E-state index contributed by atoms with van der Waals surface area (Å²) in [5, 5.41) is 10.1. The van der Waals surface area contributed by atoms with Gasteiger partial charge in [-0.15, -0.1) is 0 Å². The summed E-state index contributed by atoms with van der Waals surface area (Å²) in [6, 6.07) is 8.99. The number of nitriles is 1. The molecule has 1 rings (SSSR count). The Morgan fingerprint density at radius 2 is 1.72 bits per heavy atom. The summed E-state index contributed by atoms with van der Waals surface area (Å²) in [5.41, 5.74) is 0.782. The van der Waals surface area contributed by atoms with Gasteiger partial charge >= 0.3 is 12.1 Å². The molecule has 12 heteroatoms. The molecule has 0 saturated heterocycles. The molecule has 0 aliphatic heterocycles. The first-order valence-electron chi connectivity index (χ1n) is 12.5. The fourth-order valence-corrected chi connectivity index (χ4v) is 5.47. The van der Waals surface area contributed by atoms with Gasteiger partial charge in [0.1, 0.15) is 11.4 Å². The zero-order chi connectivity index (χ0) is 30.1. The van der Waals surface area contributed by atoms with Crippen molar-refractivity contribution in [2.24, 2.45) is 5.41 Å². The molecule has 1 atom stereocenters. The summed E-state index contributed by atoms with van der Waals surface area (Å²) >= 11 is 0. The molecule has 11 nitrogen and oxygen atoms in total. The average Bonchev–Trinajstić information content (AvgIpc) is 2.76. The minimum atomic E-state index is -3.77. The van der Waals surface area contributed by atoms with Crippen LogP contribution in [0.1, 0.15) is 59.6 Å². The second kappa shape index (κ2) is 13.8. The highest BCUT2D eigenvalue weighted by Gasteiger charge is 2.39. The molecule has 0 saturated carbocycles. The van der Waals surface area contributed by atoms with E-state index in [1.165, 1.54) is 7.05 Å². The van der Waals surface area contributed by atoms with Gasteiger partial charge in [-0.25, -0.2) is 18.2 Å². The molecule has 0 bridgehead atoms. The van der Waals surface area contributed by atoms with Crippen molar-refractivity contribution in [1.82, 2.24) is 10.4 Å². The van der Waals surface area contributed by atoms with Crippen LogP contribution in [-0.2, 0) is 45.5 Å². The highest BCUT2D eigenvalue weighted by molar-refractivity contribution is 7.92. The van der Waals surface area contributed by atoms with Crippen molar-refractivity contribution in [3.05, 3.63) is 35.4 Å². The summed E-state index contributed by atoms with van der Waals surface area (Å²) in [6.07, 6.45) is -0.625. The predicted molar refractivity (Wildman–Crippen MR) is 145 cm³/mol. The van der Waals surface area contributed by atoms with Crippen molar-refractivity contribution in [3.8, 4) is 6.07 Å². The van der Waals surface area contributed by atoms with Crippen molar-refractivity contribution in [2.45, 2.75) is 65.9 Å². The average molecular weight is 568 g/mol. The Bertz CT molecular complexity index is 1170. The molecule has 0 aromatic heterocycles. The van der Waals surface area contributed by atoms with E-state index in [1.807, 2.05) is 0 Å². The normalized spacial score (nSPS) is 13.5. The number of rotatable bonds is 12. The van der Waals surface area contributed by atoms with Gasteiger partial charge < -0.3 is 14.2 Å². The van der Waals surface area contributed by atoms with Gasteiger partial charge in [-0.05, 0) is 45.7 Å². The number of carbonyl (C=O) groups excluding carboxylic acids is 3. The zero-order valence-corrected chi connectivity index (χ0v) is 24.9. The van der Waals surface area contributed by atoms with E-state index in [-0.39, 0.29) is 32.0 Å². The summed E-state index contributed by atoms with van der Waals surface area (Å²) in [5.74, 6) is -2.45. The van der Waals surface area contributed by atoms with Crippen LogP contribution in [-0.4, -0.2) is 75.4 Å². The van der Waals surface area contributed by atoms with Gasteiger partial charge in [0, 0.05) is 12.5 Å². The van der Waals surface area contributed by atoms with Crippen molar-refractivity contribution < 1.29 is 37.0 Å². The number of esters is 1. The first-order valence-corrected chi connectivity index (χ1v) is 14.3. The van der Waals surface area contributed by atoms with Crippen LogP contribution in [0.25, 0.3) is 0 Å². The summed E-state index contributed by atoms with van der Waals surface area (Å²) < 4.78 is 41.0. The van der Waals surface area contributed by atoms with Crippen molar-refractivity contribution >= 4 is 27.8 Å². The lowest BCUT2D eigenvalue weighted by Gasteiger charge is -2.33. The third-order valence-electron chi connectivity index (χ3n) is 5.42. The maximum absolute atomic E-state index is 13.5. The number of hydrogen-bond acceptors (Lipinski definition) is 9. The minimum absolute atomic E-state index is 0.0439. The number of ether oxygens (including phenoxy) is 3. The van der Waals surface area contributed by atoms with E-state index < -0.39 is 50.0 Å². The minimum Gasteiger partial charge on any atom is -0.465 e. The standard InChI is InChI=1S/C27H41N3O8S/c1-9-37-22(31)16-39(34,35)19-26(5,6)17-36-18-27(7,21-12-10-11-20(15-21)13-14-28)23(32)29-30(8)24(33)38-25(2,3)4/h10-12,15H,9,13,16-19H2,1-8H3,(H,29,32). The Morgan fingerprint density at radius 1 is 1.08 bits per heavy atom. The molecule has 0 heterocycles. The molecule has 1 N–H and O–H groups in total. The maximum Gasteiger partial charge on any atom is 0.428 e. The fraction of sp³-hybridized carbons (Fsp3) is 0.630. The highest BCUT2D eigenvalue weighted by Crippen LogP contribution is 2.28. The molecule has 0 spiro atoms. The second-order valence-corrected chi connectivity index (χ2v) is 13.4. The molecule has 2 amide bonds. The number of hydrogen-bond donors (Lipinski definition) is 1. The third-order valence-corrected chi connectivity index (χ3v) is 7.32. The second-order valence-electron chi connectivity index (χ2n) is 11.3. The van der Waals surface area contributed by atoms with Crippen LogP contribution in [0.2, 0.25) is 0 Å². The van der Waals surface area contributed by atoms with E-state index >= 15 is 0 Å². The van der Waals surface area contributed by atoms with Crippen LogP contribution < -0.4 is 5.43 Å². The Kier molecular flexibility index (Phi) is 11.9. The SMILES string of the molecule is CCOC(=O)CS(=O)(=O)CC(C)(C)COCC(C)(C(=O)NN(C)C(=O)OC(C)(C)C)c1cccc(CC#N)c1. The van der Waals surface area contributed by atoms with Gasteiger partial charge in [0.05, 0.1) is 43.5 Å². The third kappa shape index (κ3) is 11.6. The fourth-order valence-electron chi connectivity index (χ4n) is 3.65. The molecule has 1 aromatic rings. The zero-order valence-electron chi connectivity index (χ0n) is 24.1. The lowest BCUT2D eigenvalue weighted by Crippen LogP contribution is -2.53. The summed E-state index contributed by atoms with van der Waals surface area (Å²) in [6.45, 7) is 11.6. The van der Waals surface area contributed by atoms with E-state index in [0.717, 1.165) is 5.01 Å². The van der Waals surface area contributed by atoms with Crippen molar-refractivity contribution in [3.63, 3.8) is 0 Å². The molecule has 0 aliphatic carbocycles. The van der Waals surface area contributed by atoms with E-state index in [1.54, 1.807) is 72.7 Å². The molecule has 1 unspecified atom stereocenters. The first-order chi connectivity index (χ1) is 17.8. The van der Waals surface area contributed by atoms with E-state index in [4.69, 9.17) is 19.5 Å². The van der Waals surface area contributed by atoms with E-state index in [2.05, 4.69) is 11.5 Å². The van der Waals surface area contributed by atoms with Crippen molar-refractivity contribution in [1.29, 1.82) is 5.26 Å². The van der Waals surface area contributed by atoms with Gasteiger partial charge in [-0.3, -0.25) is 15.0 Å². The summed E-state index contributed by atoms with van der Waals surface area (Å²) in [4.78, 5) is 37.6. The lowest BCUT2D eigenvalue weighted by molar-refractivity contribution is -0.140. The van der Waals surface area contributed by atoms with Gasteiger partial charge in [0.25, 0.3) is 5.91 Å². The molecule has 0 radical (unpaired) electrons. The topological polar surface area (TPSA) is 152 Å². The van der Waals surface area contributed by atoms with Crippen molar-refractivity contribution in [2.75, 3.05) is 38.4 Å². The lowest BCUT2D eigenvalue weighted by atomic mass is 9.81. The number of carbonyl (C=O) groups is 3. The number of nitrogens with one attached hydrogen (secondary N) is 1. The number of nitrogens with zero attached hydrogens (tertiary/aromatic N) is 2. The maximum atomic E-state index is 13.5. The van der Waals surface area contributed by atoms with E-state index in [9.17, 15) is 22.8 Å². The molecule has 0 fully saturated rings. The predicted octanol–water partition coefficient (Wildman–Crippen LogP) is 2.93. The number of hydrazine groups is 1. The van der Waals surface area contributed by atoms with Gasteiger partial charge in [-0.2, -0.15) is 5.26 Å². The molecular formula is C27H41N3O8S. The molecular weight excluding hydrogens is 526 g/mol. The molecule has 39 heavy (non-hydrogen) atoms. The Balaban J connectivity index is 3.13.